The Hall–Kier alpha value is -2.55. The van der Waals surface area contributed by atoms with E-state index >= 15 is 0 Å². The van der Waals surface area contributed by atoms with Crippen LogP contribution in [0.3, 0.4) is 0 Å². The third-order valence-corrected chi connectivity index (χ3v) is 5.04. The highest BCUT2D eigenvalue weighted by Crippen LogP contribution is 2.49. The molecule has 2 aliphatic rings. The average molecular weight is 305 g/mol. The molecule has 0 bridgehead atoms. The molecule has 0 saturated heterocycles. The molecule has 2 aromatic carbocycles. The van der Waals surface area contributed by atoms with E-state index in [0.717, 1.165) is 12.0 Å². The highest BCUT2D eigenvalue weighted by atomic mass is 16.4. The van der Waals surface area contributed by atoms with Crippen LogP contribution in [0.15, 0.2) is 54.6 Å². The minimum absolute atomic E-state index is 0.216. The Kier molecular flexibility index (Phi) is 3.22. The molecule has 0 radical (unpaired) electrons. The maximum atomic E-state index is 11.0. The molecule has 3 nitrogen and oxygen atoms in total. The van der Waals surface area contributed by atoms with Gasteiger partial charge in [0.2, 0.25) is 0 Å². The Morgan fingerprint density at radius 2 is 1.96 bits per heavy atom. The number of hydrogen-bond donors (Lipinski definition) is 2. The second-order valence-electron chi connectivity index (χ2n) is 6.49. The summed E-state index contributed by atoms with van der Waals surface area (Å²) in [5.74, 6) is 0.0460. The van der Waals surface area contributed by atoms with Crippen LogP contribution < -0.4 is 5.32 Å². The van der Waals surface area contributed by atoms with Crippen molar-refractivity contribution in [3.63, 3.8) is 0 Å². The van der Waals surface area contributed by atoms with Gasteiger partial charge in [0.25, 0.3) is 0 Å². The first-order chi connectivity index (χ1) is 11.1. The average Bonchev–Trinajstić information content (AvgIpc) is 3.04. The summed E-state index contributed by atoms with van der Waals surface area (Å²) in [6, 6.07) is 14.1. The summed E-state index contributed by atoms with van der Waals surface area (Å²) in [6.07, 6.45) is 5.64. The molecule has 0 aromatic heterocycles. The van der Waals surface area contributed by atoms with E-state index in [1.165, 1.54) is 16.8 Å². The number of carboxylic acid groups (broad SMARTS) is 1. The Balaban J connectivity index is 1.73. The van der Waals surface area contributed by atoms with E-state index in [0.29, 0.717) is 17.4 Å². The van der Waals surface area contributed by atoms with Crippen molar-refractivity contribution in [2.75, 3.05) is 5.32 Å². The van der Waals surface area contributed by atoms with E-state index in [9.17, 15) is 4.79 Å². The van der Waals surface area contributed by atoms with Gasteiger partial charge in [0, 0.05) is 11.6 Å². The first-order valence-electron chi connectivity index (χ1n) is 8.00. The maximum absolute atomic E-state index is 11.0. The number of fused-ring (bicyclic) bond motifs is 3. The van der Waals surface area contributed by atoms with Crippen molar-refractivity contribution in [1.29, 1.82) is 0 Å². The Morgan fingerprint density at radius 3 is 2.70 bits per heavy atom. The Bertz CT molecular complexity index is 792. The van der Waals surface area contributed by atoms with Crippen molar-refractivity contribution in [2.45, 2.75) is 25.3 Å². The van der Waals surface area contributed by atoms with Crippen molar-refractivity contribution in [3.8, 4) is 0 Å². The largest absolute Gasteiger partial charge is 0.478 e. The quantitative estimate of drug-likeness (QED) is 0.802. The van der Waals surface area contributed by atoms with Crippen molar-refractivity contribution in [1.82, 2.24) is 0 Å². The van der Waals surface area contributed by atoms with E-state index in [1.807, 2.05) is 12.1 Å². The molecular weight excluding hydrogens is 286 g/mol. The smallest absolute Gasteiger partial charge is 0.335 e. The van der Waals surface area contributed by atoms with E-state index in [4.69, 9.17) is 5.11 Å². The van der Waals surface area contributed by atoms with Crippen LogP contribution >= 0.6 is 0 Å². The van der Waals surface area contributed by atoms with Gasteiger partial charge in [-0.05, 0) is 48.6 Å². The summed E-state index contributed by atoms with van der Waals surface area (Å²) in [4.78, 5) is 11.0. The summed E-state index contributed by atoms with van der Waals surface area (Å²) in [6.45, 7) is 2.13. The fourth-order valence-electron chi connectivity index (χ4n) is 3.88. The SMILES string of the molecule is Cc1ccc2c(c1)C1C=CCC1[C@H](c1ccc(C(=O)O)cc1)N2. The molecule has 0 saturated carbocycles. The van der Waals surface area contributed by atoms with Crippen LogP contribution in [0.5, 0.6) is 0 Å². The number of carboxylic acids is 1. The minimum atomic E-state index is -0.880. The fraction of sp³-hybridized carbons (Fsp3) is 0.250. The van der Waals surface area contributed by atoms with Gasteiger partial charge in [-0.3, -0.25) is 0 Å². The molecule has 0 fully saturated rings. The third-order valence-electron chi connectivity index (χ3n) is 5.04. The zero-order valence-corrected chi connectivity index (χ0v) is 13.0. The van der Waals surface area contributed by atoms with Gasteiger partial charge in [-0.1, -0.05) is 42.0 Å². The lowest BCUT2D eigenvalue weighted by molar-refractivity contribution is 0.0697. The number of carbonyl (C=O) groups is 1. The first-order valence-corrected chi connectivity index (χ1v) is 8.00. The Morgan fingerprint density at radius 1 is 1.17 bits per heavy atom. The van der Waals surface area contributed by atoms with E-state index in [-0.39, 0.29) is 6.04 Å². The standard InChI is InChI=1S/C20H19NO2/c1-12-5-10-18-17(11-12)15-3-2-4-16(15)19(21-18)13-6-8-14(9-7-13)20(22)23/h2-3,5-11,15-16,19,21H,4H2,1H3,(H,22,23)/t15?,16?,19-/m0/s1. The maximum Gasteiger partial charge on any atom is 0.335 e. The van der Waals surface area contributed by atoms with E-state index in [2.05, 4.69) is 42.6 Å². The van der Waals surface area contributed by atoms with Gasteiger partial charge in [0.1, 0.15) is 0 Å². The number of anilines is 1. The molecular formula is C20H19NO2. The third kappa shape index (κ3) is 2.33. The van der Waals surface area contributed by atoms with Gasteiger partial charge in [-0.15, -0.1) is 0 Å². The molecule has 0 spiro atoms. The summed E-state index contributed by atoms with van der Waals surface area (Å²) >= 11 is 0. The molecule has 1 heterocycles. The lowest BCUT2D eigenvalue weighted by Gasteiger charge is -2.37. The number of rotatable bonds is 2. The molecule has 3 heteroatoms. The second kappa shape index (κ2) is 5.27. The highest BCUT2D eigenvalue weighted by molar-refractivity contribution is 5.87. The summed E-state index contributed by atoms with van der Waals surface area (Å²) < 4.78 is 0. The molecule has 2 aromatic rings. The molecule has 3 atom stereocenters. The highest BCUT2D eigenvalue weighted by Gasteiger charge is 2.37. The molecule has 2 unspecified atom stereocenters. The molecule has 23 heavy (non-hydrogen) atoms. The van der Waals surface area contributed by atoms with Gasteiger partial charge < -0.3 is 10.4 Å². The predicted molar refractivity (Wildman–Crippen MR) is 90.9 cm³/mol. The number of aromatic carboxylic acids is 1. The number of benzene rings is 2. The molecule has 4 rings (SSSR count). The van der Waals surface area contributed by atoms with Crippen LogP contribution in [0.4, 0.5) is 5.69 Å². The van der Waals surface area contributed by atoms with Crippen molar-refractivity contribution >= 4 is 11.7 Å². The second-order valence-corrected chi connectivity index (χ2v) is 6.49. The van der Waals surface area contributed by atoms with E-state index < -0.39 is 5.97 Å². The summed E-state index contributed by atoms with van der Waals surface area (Å²) in [5.41, 5.74) is 5.34. The van der Waals surface area contributed by atoms with Crippen molar-refractivity contribution in [3.05, 3.63) is 76.9 Å². The van der Waals surface area contributed by atoms with Crippen LogP contribution in [0.2, 0.25) is 0 Å². The fourth-order valence-corrected chi connectivity index (χ4v) is 3.88. The number of nitrogens with one attached hydrogen (secondary N) is 1. The number of aryl methyl sites for hydroxylation is 1. The van der Waals surface area contributed by atoms with Crippen LogP contribution in [-0.2, 0) is 0 Å². The molecule has 116 valence electrons. The van der Waals surface area contributed by atoms with Gasteiger partial charge in [0.15, 0.2) is 0 Å². The lowest BCUT2D eigenvalue weighted by Crippen LogP contribution is -2.29. The summed E-state index contributed by atoms with van der Waals surface area (Å²) in [5, 5.41) is 12.7. The molecule has 1 aliphatic carbocycles. The minimum Gasteiger partial charge on any atom is -0.478 e. The van der Waals surface area contributed by atoms with Crippen molar-refractivity contribution < 1.29 is 9.90 Å². The topological polar surface area (TPSA) is 49.3 Å². The normalized spacial score (nSPS) is 24.7. The van der Waals surface area contributed by atoms with Gasteiger partial charge in [-0.2, -0.15) is 0 Å². The molecule has 1 aliphatic heterocycles. The van der Waals surface area contributed by atoms with Crippen molar-refractivity contribution in [2.24, 2.45) is 5.92 Å². The van der Waals surface area contributed by atoms with Crippen LogP contribution in [0.25, 0.3) is 0 Å². The number of allylic oxidation sites excluding steroid dienone is 2. The molecule has 2 N–H and O–H groups in total. The van der Waals surface area contributed by atoms with Crippen LogP contribution in [-0.4, -0.2) is 11.1 Å². The van der Waals surface area contributed by atoms with E-state index in [1.54, 1.807) is 12.1 Å². The predicted octanol–water partition coefficient (Wildman–Crippen LogP) is 4.52. The zero-order valence-electron chi connectivity index (χ0n) is 13.0. The summed E-state index contributed by atoms with van der Waals surface area (Å²) in [7, 11) is 0. The number of hydrogen-bond acceptors (Lipinski definition) is 2. The van der Waals surface area contributed by atoms with Crippen LogP contribution in [0, 0.1) is 12.8 Å². The first kappa shape index (κ1) is 14.1. The van der Waals surface area contributed by atoms with Crippen LogP contribution in [0.1, 0.15) is 45.4 Å². The Labute approximate surface area is 135 Å². The van der Waals surface area contributed by atoms with Gasteiger partial charge in [-0.25, -0.2) is 4.79 Å². The van der Waals surface area contributed by atoms with Gasteiger partial charge in [0.05, 0.1) is 11.6 Å². The monoisotopic (exact) mass is 305 g/mol. The molecule has 0 amide bonds. The zero-order chi connectivity index (χ0) is 16.0. The van der Waals surface area contributed by atoms with Gasteiger partial charge >= 0.3 is 5.97 Å². The lowest BCUT2D eigenvalue weighted by atomic mass is 9.76.